The maximum atomic E-state index is 12.9. The fourth-order valence-corrected chi connectivity index (χ4v) is 4.37. The highest BCUT2D eigenvalue weighted by molar-refractivity contribution is 9.10. The first-order valence-corrected chi connectivity index (χ1v) is 10.6. The topological polar surface area (TPSA) is 65.2 Å². The van der Waals surface area contributed by atoms with Crippen LogP contribution in [0.2, 0.25) is 0 Å². The van der Waals surface area contributed by atoms with E-state index in [0.717, 1.165) is 28.2 Å². The van der Waals surface area contributed by atoms with Crippen LogP contribution in [0.4, 0.5) is 5.69 Å². The Bertz CT molecular complexity index is 1090. The van der Waals surface area contributed by atoms with E-state index >= 15 is 0 Å². The van der Waals surface area contributed by atoms with Crippen LogP contribution in [0.5, 0.6) is 0 Å². The average Bonchev–Trinajstić information content (AvgIpc) is 3.06. The van der Waals surface area contributed by atoms with E-state index in [9.17, 15) is 9.59 Å². The standard InChI is InChI=1S/C23H24BrN3O2/c1-14-7-9-19-16(11-14)17-12-15(8-10-20(17)25-19)23(29)27(2)13-22(28)26-21-6-4-3-5-18(21)24/h3-6,8,10,12,14,25H,7,9,11,13H2,1-2H3,(H,26,28)/t14-/m0/s1. The summed E-state index contributed by atoms with van der Waals surface area (Å²) < 4.78 is 0.805. The van der Waals surface area contributed by atoms with Crippen molar-refractivity contribution in [2.24, 2.45) is 5.92 Å². The number of aryl methyl sites for hydroxylation is 1. The van der Waals surface area contributed by atoms with Gasteiger partial charge in [0.25, 0.3) is 5.91 Å². The minimum absolute atomic E-state index is 0.0134. The number of rotatable bonds is 4. The van der Waals surface area contributed by atoms with Gasteiger partial charge in [-0.3, -0.25) is 9.59 Å². The van der Waals surface area contributed by atoms with Gasteiger partial charge in [-0.2, -0.15) is 0 Å². The number of aromatic amines is 1. The molecule has 2 amide bonds. The van der Waals surface area contributed by atoms with Crippen LogP contribution in [0.1, 0.15) is 35.0 Å². The molecule has 2 aromatic carbocycles. The van der Waals surface area contributed by atoms with Gasteiger partial charge in [0.1, 0.15) is 0 Å². The van der Waals surface area contributed by atoms with Crippen molar-refractivity contribution in [2.75, 3.05) is 18.9 Å². The lowest BCUT2D eigenvalue weighted by atomic mass is 9.87. The molecule has 3 aromatic rings. The third kappa shape index (κ3) is 4.08. The van der Waals surface area contributed by atoms with Gasteiger partial charge in [-0.15, -0.1) is 0 Å². The molecule has 0 saturated carbocycles. The molecule has 5 nitrogen and oxygen atoms in total. The number of likely N-dealkylation sites (N-methyl/N-ethyl adjacent to an activating group) is 1. The van der Waals surface area contributed by atoms with Gasteiger partial charge in [0.15, 0.2) is 0 Å². The van der Waals surface area contributed by atoms with Crippen molar-refractivity contribution in [3.63, 3.8) is 0 Å². The smallest absolute Gasteiger partial charge is 0.254 e. The second kappa shape index (κ2) is 8.03. The minimum Gasteiger partial charge on any atom is -0.358 e. The molecule has 0 fully saturated rings. The molecule has 1 aliphatic carbocycles. The van der Waals surface area contributed by atoms with Crippen LogP contribution in [0.25, 0.3) is 10.9 Å². The third-order valence-electron chi connectivity index (χ3n) is 5.56. The summed E-state index contributed by atoms with van der Waals surface area (Å²) in [6, 6.07) is 13.2. The molecule has 0 radical (unpaired) electrons. The first-order valence-electron chi connectivity index (χ1n) is 9.85. The number of nitrogens with one attached hydrogen (secondary N) is 2. The second-order valence-electron chi connectivity index (χ2n) is 7.88. The molecule has 1 aromatic heterocycles. The molecule has 150 valence electrons. The number of benzene rings is 2. The Morgan fingerprint density at radius 2 is 2.03 bits per heavy atom. The predicted molar refractivity (Wildman–Crippen MR) is 119 cm³/mol. The molecule has 29 heavy (non-hydrogen) atoms. The summed E-state index contributed by atoms with van der Waals surface area (Å²) in [5, 5.41) is 3.96. The van der Waals surface area contributed by atoms with Gasteiger partial charge in [-0.25, -0.2) is 0 Å². The number of halogens is 1. The van der Waals surface area contributed by atoms with E-state index in [1.165, 1.54) is 22.6 Å². The number of nitrogens with zero attached hydrogens (tertiary/aromatic N) is 1. The first-order chi connectivity index (χ1) is 13.9. The fourth-order valence-electron chi connectivity index (χ4n) is 3.98. The molecular weight excluding hydrogens is 430 g/mol. The summed E-state index contributed by atoms with van der Waals surface area (Å²) in [5.41, 5.74) is 5.00. The molecule has 2 N–H and O–H groups in total. The maximum Gasteiger partial charge on any atom is 0.254 e. The van der Waals surface area contributed by atoms with Gasteiger partial charge in [0, 0.05) is 33.7 Å². The Morgan fingerprint density at radius 3 is 2.83 bits per heavy atom. The number of carbonyl (C=O) groups is 2. The predicted octanol–water partition coefficient (Wildman–Crippen LogP) is 4.77. The van der Waals surface area contributed by atoms with Crippen LogP contribution in [0, 0.1) is 5.92 Å². The van der Waals surface area contributed by atoms with E-state index < -0.39 is 0 Å². The number of fused-ring (bicyclic) bond motifs is 3. The van der Waals surface area contributed by atoms with Gasteiger partial charge in [-0.1, -0.05) is 19.1 Å². The number of amides is 2. The number of anilines is 1. The van der Waals surface area contributed by atoms with Gasteiger partial charge >= 0.3 is 0 Å². The minimum atomic E-state index is -0.235. The van der Waals surface area contributed by atoms with Crippen LogP contribution < -0.4 is 5.32 Å². The summed E-state index contributed by atoms with van der Waals surface area (Å²) in [6.07, 6.45) is 3.29. The highest BCUT2D eigenvalue weighted by Gasteiger charge is 2.22. The highest BCUT2D eigenvalue weighted by atomic mass is 79.9. The second-order valence-corrected chi connectivity index (χ2v) is 8.73. The summed E-state index contributed by atoms with van der Waals surface area (Å²) >= 11 is 3.41. The zero-order valence-corrected chi connectivity index (χ0v) is 18.2. The zero-order chi connectivity index (χ0) is 20.5. The van der Waals surface area contributed by atoms with E-state index in [1.54, 1.807) is 7.05 Å². The number of carbonyl (C=O) groups excluding carboxylic acids is 2. The summed E-state index contributed by atoms with van der Waals surface area (Å²) in [4.78, 5) is 30.3. The van der Waals surface area contributed by atoms with Crippen molar-refractivity contribution in [1.82, 2.24) is 9.88 Å². The molecule has 1 aliphatic rings. The lowest BCUT2D eigenvalue weighted by Crippen LogP contribution is -2.35. The van der Waals surface area contributed by atoms with Crippen LogP contribution in [0.3, 0.4) is 0 Å². The molecule has 1 heterocycles. The lowest BCUT2D eigenvalue weighted by molar-refractivity contribution is -0.116. The first kappa shape index (κ1) is 19.7. The highest BCUT2D eigenvalue weighted by Crippen LogP contribution is 2.32. The molecule has 4 rings (SSSR count). The average molecular weight is 454 g/mol. The van der Waals surface area contributed by atoms with Gasteiger partial charge in [0.05, 0.1) is 12.2 Å². The SMILES string of the molecule is C[C@H]1CCc2[nH]c3ccc(C(=O)N(C)CC(=O)Nc4ccccc4Br)cc3c2C1. The van der Waals surface area contributed by atoms with Crippen molar-refractivity contribution in [3.05, 3.63) is 63.8 Å². The van der Waals surface area contributed by atoms with Crippen molar-refractivity contribution >= 4 is 44.3 Å². The van der Waals surface area contributed by atoms with Crippen LogP contribution in [-0.4, -0.2) is 35.3 Å². The molecule has 0 aliphatic heterocycles. The molecule has 6 heteroatoms. The maximum absolute atomic E-state index is 12.9. The normalized spacial score (nSPS) is 15.8. The summed E-state index contributed by atoms with van der Waals surface area (Å²) in [6.45, 7) is 2.26. The Hall–Kier alpha value is -2.60. The van der Waals surface area contributed by atoms with Gasteiger partial charge in [0.2, 0.25) is 5.91 Å². The number of hydrogen-bond acceptors (Lipinski definition) is 2. The number of aromatic nitrogens is 1. The lowest BCUT2D eigenvalue weighted by Gasteiger charge is -2.19. The molecule has 1 atom stereocenters. The van der Waals surface area contributed by atoms with E-state index in [1.807, 2.05) is 42.5 Å². The third-order valence-corrected chi connectivity index (χ3v) is 6.25. The van der Waals surface area contributed by atoms with Crippen molar-refractivity contribution in [1.29, 1.82) is 0 Å². The largest absolute Gasteiger partial charge is 0.358 e. The summed E-state index contributed by atoms with van der Waals surface area (Å²) in [7, 11) is 1.65. The Labute approximate surface area is 178 Å². The Balaban J connectivity index is 1.50. The van der Waals surface area contributed by atoms with Crippen molar-refractivity contribution in [2.45, 2.75) is 26.2 Å². The van der Waals surface area contributed by atoms with E-state index in [4.69, 9.17) is 0 Å². The van der Waals surface area contributed by atoms with E-state index in [-0.39, 0.29) is 18.4 Å². The van der Waals surface area contributed by atoms with Crippen molar-refractivity contribution in [3.8, 4) is 0 Å². The van der Waals surface area contributed by atoms with Gasteiger partial charge in [-0.05, 0) is 77.0 Å². The monoisotopic (exact) mass is 453 g/mol. The summed E-state index contributed by atoms with van der Waals surface area (Å²) in [5.74, 6) is 0.263. The molecular formula is C23H24BrN3O2. The molecule has 0 bridgehead atoms. The molecule has 0 spiro atoms. The van der Waals surface area contributed by atoms with Crippen LogP contribution >= 0.6 is 15.9 Å². The Kier molecular flexibility index (Phi) is 5.46. The Morgan fingerprint density at radius 1 is 1.24 bits per heavy atom. The number of hydrogen-bond donors (Lipinski definition) is 2. The fraction of sp³-hybridized carbons (Fsp3) is 0.304. The van der Waals surface area contributed by atoms with Crippen LogP contribution in [-0.2, 0) is 17.6 Å². The number of para-hydroxylation sites is 1. The quantitative estimate of drug-likeness (QED) is 0.597. The van der Waals surface area contributed by atoms with E-state index in [2.05, 4.69) is 33.2 Å². The number of H-pyrrole nitrogens is 1. The van der Waals surface area contributed by atoms with Gasteiger partial charge < -0.3 is 15.2 Å². The molecule has 0 saturated heterocycles. The van der Waals surface area contributed by atoms with Crippen LogP contribution in [0.15, 0.2) is 46.9 Å². The molecule has 0 unspecified atom stereocenters. The van der Waals surface area contributed by atoms with E-state index in [0.29, 0.717) is 17.2 Å². The van der Waals surface area contributed by atoms with Crippen molar-refractivity contribution < 1.29 is 9.59 Å². The zero-order valence-electron chi connectivity index (χ0n) is 16.6.